The Labute approximate surface area is 121 Å². The van der Waals surface area contributed by atoms with E-state index in [2.05, 4.69) is 0 Å². The number of carboxylic acid groups (broad SMARTS) is 1. The molecule has 0 unspecified atom stereocenters. The Kier molecular flexibility index (Phi) is 4.25. The van der Waals surface area contributed by atoms with Crippen molar-refractivity contribution in [1.29, 1.82) is 0 Å². The van der Waals surface area contributed by atoms with Crippen molar-refractivity contribution in [3.8, 4) is 0 Å². The van der Waals surface area contributed by atoms with Crippen LogP contribution in [0.1, 0.15) is 29.1 Å². The number of amides is 1. The fourth-order valence-electron chi connectivity index (χ4n) is 2.10. The van der Waals surface area contributed by atoms with Crippen molar-refractivity contribution in [1.82, 2.24) is 4.90 Å². The molecule has 0 atom stereocenters. The zero-order chi connectivity index (χ0) is 14.8. The van der Waals surface area contributed by atoms with E-state index >= 15 is 0 Å². The van der Waals surface area contributed by atoms with Crippen LogP contribution < -0.4 is 0 Å². The van der Waals surface area contributed by atoms with E-state index in [-0.39, 0.29) is 11.4 Å². The number of nitrogens with zero attached hydrogens (tertiary/aromatic N) is 1. The van der Waals surface area contributed by atoms with Crippen LogP contribution in [0.4, 0.5) is 0 Å². The predicted octanol–water partition coefficient (Wildman–Crippen LogP) is 2.10. The molecule has 1 amide bonds. The topological polar surface area (TPSA) is 66.8 Å². The van der Waals surface area contributed by atoms with E-state index in [9.17, 15) is 9.59 Å². The van der Waals surface area contributed by atoms with E-state index in [0.717, 1.165) is 11.0 Å². The molecule has 1 N–H and O–H groups in total. The molecule has 2 rings (SSSR count). The number of morpholine rings is 1. The van der Waals surface area contributed by atoms with Gasteiger partial charge in [-0.2, -0.15) is 0 Å². The van der Waals surface area contributed by atoms with Crippen molar-refractivity contribution in [3.63, 3.8) is 0 Å². The molecule has 20 heavy (non-hydrogen) atoms. The van der Waals surface area contributed by atoms with Gasteiger partial charge < -0.3 is 14.7 Å². The molecule has 0 bridgehead atoms. The summed E-state index contributed by atoms with van der Waals surface area (Å²) in [5.74, 6) is -1.04. The third-order valence-corrected chi connectivity index (χ3v) is 4.05. The largest absolute Gasteiger partial charge is 0.478 e. The zero-order valence-electron chi connectivity index (χ0n) is 11.5. The number of carboxylic acids is 1. The Bertz CT molecular complexity index is 547. The fraction of sp³-hybridized carbons (Fsp3) is 0.429. The summed E-state index contributed by atoms with van der Waals surface area (Å²) in [6.45, 7) is 5.59. The highest BCUT2D eigenvalue weighted by Gasteiger charge is 2.34. The van der Waals surface area contributed by atoms with Crippen LogP contribution in [0.25, 0.3) is 6.08 Å². The van der Waals surface area contributed by atoms with Crippen LogP contribution >= 0.6 is 11.3 Å². The summed E-state index contributed by atoms with van der Waals surface area (Å²) in [7, 11) is 0. The van der Waals surface area contributed by atoms with E-state index in [1.54, 1.807) is 11.4 Å². The van der Waals surface area contributed by atoms with Gasteiger partial charge in [-0.3, -0.25) is 4.79 Å². The second kappa shape index (κ2) is 5.76. The normalized spacial score (nSPS) is 18.4. The molecule has 0 aliphatic carbocycles. The van der Waals surface area contributed by atoms with E-state index in [1.807, 2.05) is 18.7 Å². The van der Waals surface area contributed by atoms with Crippen molar-refractivity contribution in [2.24, 2.45) is 0 Å². The van der Waals surface area contributed by atoms with Gasteiger partial charge in [-0.25, -0.2) is 4.79 Å². The standard InChI is InChI=1S/C14H17NO4S/c1-14(2)9-19-6-5-15(14)13(18)10-7-11(20-8-10)3-4-12(16)17/h3-4,7-8H,5-6,9H2,1-2H3,(H,16,17). The number of rotatable bonds is 3. The molecular weight excluding hydrogens is 278 g/mol. The van der Waals surface area contributed by atoms with Crippen molar-refractivity contribution in [3.05, 3.63) is 28.0 Å². The van der Waals surface area contributed by atoms with Crippen LogP contribution in [0.3, 0.4) is 0 Å². The molecule has 0 spiro atoms. The molecule has 5 nitrogen and oxygen atoms in total. The van der Waals surface area contributed by atoms with Crippen molar-refractivity contribution >= 4 is 29.3 Å². The maximum absolute atomic E-state index is 12.5. The van der Waals surface area contributed by atoms with E-state index in [0.29, 0.717) is 25.3 Å². The van der Waals surface area contributed by atoms with Gasteiger partial charge in [0.1, 0.15) is 0 Å². The second-order valence-corrected chi connectivity index (χ2v) is 6.17. The Hall–Kier alpha value is -1.66. The van der Waals surface area contributed by atoms with E-state index in [4.69, 9.17) is 9.84 Å². The van der Waals surface area contributed by atoms with Crippen molar-refractivity contribution in [2.45, 2.75) is 19.4 Å². The first-order valence-corrected chi connectivity index (χ1v) is 7.17. The van der Waals surface area contributed by atoms with Crippen LogP contribution in [0.2, 0.25) is 0 Å². The molecule has 1 aliphatic heterocycles. The number of thiophene rings is 1. The highest BCUT2D eigenvalue weighted by molar-refractivity contribution is 7.11. The van der Waals surface area contributed by atoms with Gasteiger partial charge >= 0.3 is 5.97 Å². The van der Waals surface area contributed by atoms with Gasteiger partial charge in [0.25, 0.3) is 5.91 Å². The lowest BCUT2D eigenvalue weighted by atomic mass is 10.0. The van der Waals surface area contributed by atoms with Gasteiger partial charge in [-0.05, 0) is 26.0 Å². The molecule has 0 aromatic carbocycles. The number of aliphatic carboxylic acids is 1. The second-order valence-electron chi connectivity index (χ2n) is 5.23. The molecule has 1 fully saturated rings. The highest BCUT2D eigenvalue weighted by atomic mass is 32.1. The lowest BCUT2D eigenvalue weighted by molar-refractivity contribution is -0.131. The number of carbonyl (C=O) groups excluding carboxylic acids is 1. The van der Waals surface area contributed by atoms with Gasteiger partial charge in [0.05, 0.1) is 24.3 Å². The summed E-state index contributed by atoms with van der Waals surface area (Å²) in [6, 6.07) is 1.72. The minimum Gasteiger partial charge on any atom is -0.478 e. The quantitative estimate of drug-likeness (QED) is 0.867. The number of hydrogen-bond donors (Lipinski definition) is 1. The average molecular weight is 295 g/mol. The Balaban J connectivity index is 2.15. The monoisotopic (exact) mass is 295 g/mol. The smallest absolute Gasteiger partial charge is 0.328 e. The van der Waals surface area contributed by atoms with Crippen LogP contribution in [0.5, 0.6) is 0 Å². The van der Waals surface area contributed by atoms with Gasteiger partial charge in [-0.15, -0.1) is 11.3 Å². The summed E-state index contributed by atoms with van der Waals surface area (Å²) in [4.78, 5) is 25.5. The van der Waals surface area contributed by atoms with Crippen molar-refractivity contribution < 1.29 is 19.4 Å². The molecule has 1 aromatic rings. The number of carbonyl (C=O) groups is 2. The minimum absolute atomic E-state index is 0.0375. The molecule has 0 radical (unpaired) electrons. The van der Waals surface area contributed by atoms with Gasteiger partial charge in [-0.1, -0.05) is 0 Å². The molecule has 2 heterocycles. The maximum Gasteiger partial charge on any atom is 0.328 e. The van der Waals surface area contributed by atoms with E-state index in [1.165, 1.54) is 17.4 Å². The molecule has 6 heteroatoms. The first-order valence-electron chi connectivity index (χ1n) is 6.29. The van der Waals surface area contributed by atoms with E-state index < -0.39 is 5.97 Å². The Morgan fingerprint density at radius 3 is 2.90 bits per heavy atom. The molecule has 108 valence electrons. The summed E-state index contributed by atoms with van der Waals surface area (Å²) in [6.07, 6.45) is 2.56. The minimum atomic E-state index is -0.999. The van der Waals surface area contributed by atoms with Crippen LogP contribution in [0.15, 0.2) is 17.5 Å². The molecule has 0 saturated carbocycles. The van der Waals surface area contributed by atoms with Crippen LogP contribution in [-0.4, -0.2) is 47.2 Å². The Morgan fingerprint density at radius 2 is 2.25 bits per heavy atom. The first kappa shape index (κ1) is 14.7. The van der Waals surface area contributed by atoms with Crippen LogP contribution in [-0.2, 0) is 9.53 Å². The molecule has 1 aromatic heterocycles. The lowest BCUT2D eigenvalue weighted by Crippen LogP contribution is -2.55. The van der Waals surface area contributed by atoms with Crippen LogP contribution in [0, 0.1) is 0 Å². The lowest BCUT2D eigenvalue weighted by Gasteiger charge is -2.42. The summed E-state index contributed by atoms with van der Waals surface area (Å²) in [5.41, 5.74) is 0.268. The Morgan fingerprint density at radius 1 is 1.50 bits per heavy atom. The third-order valence-electron chi connectivity index (χ3n) is 3.15. The van der Waals surface area contributed by atoms with Gasteiger partial charge in [0, 0.05) is 22.9 Å². The molecule has 1 saturated heterocycles. The fourth-order valence-corrected chi connectivity index (χ4v) is 2.87. The van der Waals surface area contributed by atoms with Crippen molar-refractivity contribution in [2.75, 3.05) is 19.8 Å². The van der Waals surface area contributed by atoms with Gasteiger partial charge in [0.15, 0.2) is 0 Å². The average Bonchev–Trinajstić information content (AvgIpc) is 2.84. The number of hydrogen-bond acceptors (Lipinski definition) is 4. The summed E-state index contributed by atoms with van der Waals surface area (Å²) < 4.78 is 5.40. The highest BCUT2D eigenvalue weighted by Crippen LogP contribution is 2.24. The summed E-state index contributed by atoms with van der Waals surface area (Å²) >= 11 is 1.36. The number of ether oxygens (including phenoxy) is 1. The maximum atomic E-state index is 12.5. The van der Waals surface area contributed by atoms with Gasteiger partial charge in [0.2, 0.25) is 0 Å². The zero-order valence-corrected chi connectivity index (χ0v) is 12.3. The summed E-state index contributed by atoms with van der Waals surface area (Å²) in [5, 5.41) is 10.4. The molecule has 1 aliphatic rings. The first-order chi connectivity index (χ1) is 9.40. The SMILES string of the molecule is CC1(C)COCCN1C(=O)c1csc(C=CC(=O)O)c1. The third kappa shape index (κ3) is 3.26. The molecular formula is C14H17NO4S. The predicted molar refractivity (Wildman–Crippen MR) is 76.9 cm³/mol.